The zero-order valence-electron chi connectivity index (χ0n) is 20.4. The second kappa shape index (κ2) is 10.3. The molecule has 0 aliphatic carbocycles. The molecule has 0 saturated heterocycles. The number of nitrogens with one attached hydrogen (secondary N) is 1. The zero-order valence-corrected chi connectivity index (χ0v) is 20.4. The SMILES string of the molecule is COc1ccc(C(NC(=O)c2ccc(C)cc2)c2nccc3cc(OC)c(OC)cc23)cc1OC. The first-order chi connectivity index (χ1) is 17.0. The van der Waals surface area contributed by atoms with Crippen molar-refractivity contribution in [3.05, 3.63) is 89.2 Å². The van der Waals surface area contributed by atoms with Crippen LogP contribution >= 0.6 is 0 Å². The lowest BCUT2D eigenvalue weighted by Crippen LogP contribution is -2.30. The monoisotopic (exact) mass is 472 g/mol. The van der Waals surface area contributed by atoms with Crippen LogP contribution in [0, 0.1) is 6.92 Å². The Morgan fingerprint density at radius 3 is 2.06 bits per heavy atom. The second-order valence-electron chi connectivity index (χ2n) is 8.01. The molecule has 7 heteroatoms. The van der Waals surface area contributed by atoms with Crippen molar-refractivity contribution in [2.75, 3.05) is 28.4 Å². The van der Waals surface area contributed by atoms with E-state index < -0.39 is 6.04 Å². The van der Waals surface area contributed by atoms with E-state index in [2.05, 4.69) is 5.32 Å². The van der Waals surface area contributed by atoms with Gasteiger partial charge in [0.2, 0.25) is 0 Å². The highest BCUT2D eigenvalue weighted by Gasteiger charge is 2.24. The van der Waals surface area contributed by atoms with Crippen LogP contribution in [0.25, 0.3) is 10.8 Å². The largest absolute Gasteiger partial charge is 0.493 e. The van der Waals surface area contributed by atoms with Gasteiger partial charge >= 0.3 is 0 Å². The number of aryl methyl sites for hydroxylation is 1. The minimum absolute atomic E-state index is 0.218. The number of aromatic nitrogens is 1. The van der Waals surface area contributed by atoms with E-state index in [1.54, 1.807) is 46.8 Å². The van der Waals surface area contributed by atoms with Crippen LogP contribution in [0.15, 0.2) is 66.9 Å². The van der Waals surface area contributed by atoms with Gasteiger partial charge in [-0.05, 0) is 60.3 Å². The molecule has 1 N–H and O–H groups in total. The predicted octanol–water partition coefficient (Wildman–Crippen LogP) is 5.10. The minimum Gasteiger partial charge on any atom is -0.493 e. The van der Waals surface area contributed by atoms with Crippen molar-refractivity contribution in [3.8, 4) is 23.0 Å². The van der Waals surface area contributed by atoms with Crippen molar-refractivity contribution in [2.45, 2.75) is 13.0 Å². The molecule has 1 aromatic heterocycles. The van der Waals surface area contributed by atoms with Crippen LogP contribution in [0.4, 0.5) is 0 Å². The topological polar surface area (TPSA) is 78.9 Å². The number of benzene rings is 3. The number of pyridine rings is 1. The van der Waals surface area contributed by atoms with Gasteiger partial charge in [-0.3, -0.25) is 9.78 Å². The molecule has 1 unspecified atom stereocenters. The average Bonchev–Trinajstić information content (AvgIpc) is 2.90. The molecule has 3 aromatic carbocycles. The summed E-state index contributed by atoms with van der Waals surface area (Å²) in [6, 6.07) is 18.1. The quantitative estimate of drug-likeness (QED) is 0.385. The molecule has 1 atom stereocenters. The van der Waals surface area contributed by atoms with Gasteiger partial charge < -0.3 is 24.3 Å². The number of nitrogens with zero attached hydrogens (tertiary/aromatic N) is 1. The highest BCUT2D eigenvalue weighted by molar-refractivity contribution is 5.95. The number of carbonyl (C=O) groups is 1. The summed E-state index contributed by atoms with van der Waals surface area (Å²) < 4.78 is 21.9. The van der Waals surface area contributed by atoms with E-state index in [0.29, 0.717) is 34.3 Å². The second-order valence-corrected chi connectivity index (χ2v) is 8.01. The average molecular weight is 473 g/mol. The molecule has 0 aliphatic heterocycles. The number of hydrogen-bond donors (Lipinski definition) is 1. The minimum atomic E-state index is -0.578. The first kappa shape index (κ1) is 23.9. The van der Waals surface area contributed by atoms with Gasteiger partial charge in [0.25, 0.3) is 5.91 Å². The summed E-state index contributed by atoms with van der Waals surface area (Å²) in [5.41, 5.74) is 3.09. The van der Waals surface area contributed by atoms with E-state index in [4.69, 9.17) is 23.9 Å². The van der Waals surface area contributed by atoms with E-state index in [0.717, 1.165) is 21.9 Å². The fourth-order valence-electron chi connectivity index (χ4n) is 4.01. The van der Waals surface area contributed by atoms with Crippen LogP contribution in [-0.4, -0.2) is 39.3 Å². The van der Waals surface area contributed by atoms with E-state index >= 15 is 0 Å². The van der Waals surface area contributed by atoms with Crippen molar-refractivity contribution < 1.29 is 23.7 Å². The lowest BCUT2D eigenvalue weighted by molar-refractivity contribution is 0.0942. The summed E-state index contributed by atoms with van der Waals surface area (Å²) in [7, 11) is 6.35. The number of rotatable bonds is 8. The van der Waals surface area contributed by atoms with E-state index in [9.17, 15) is 4.79 Å². The number of amides is 1. The highest BCUT2D eigenvalue weighted by atomic mass is 16.5. The zero-order chi connectivity index (χ0) is 24.9. The Kier molecular flexibility index (Phi) is 7.06. The molecular weight excluding hydrogens is 444 g/mol. The molecule has 4 aromatic rings. The maximum Gasteiger partial charge on any atom is 0.252 e. The molecule has 1 amide bonds. The highest BCUT2D eigenvalue weighted by Crippen LogP contribution is 2.37. The molecule has 0 aliphatic rings. The predicted molar refractivity (Wildman–Crippen MR) is 135 cm³/mol. The summed E-state index contributed by atoms with van der Waals surface area (Å²) in [5.74, 6) is 2.12. The van der Waals surface area contributed by atoms with Gasteiger partial charge in [-0.1, -0.05) is 23.8 Å². The maximum absolute atomic E-state index is 13.3. The third kappa shape index (κ3) is 4.84. The number of fused-ring (bicyclic) bond motifs is 1. The Balaban J connectivity index is 1.88. The van der Waals surface area contributed by atoms with Crippen molar-refractivity contribution in [1.82, 2.24) is 10.3 Å². The number of carbonyl (C=O) groups excluding carboxylic acids is 1. The van der Waals surface area contributed by atoms with E-state index in [1.807, 2.05) is 55.5 Å². The molecule has 180 valence electrons. The van der Waals surface area contributed by atoms with Crippen LogP contribution in [-0.2, 0) is 0 Å². The summed E-state index contributed by atoms with van der Waals surface area (Å²) in [4.78, 5) is 18.0. The summed E-state index contributed by atoms with van der Waals surface area (Å²) in [5, 5.41) is 4.90. The third-order valence-corrected chi connectivity index (χ3v) is 5.90. The Bertz CT molecular complexity index is 1350. The fraction of sp³-hybridized carbons (Fsp3) is 0.214. The van der Waals surface area contributed by atoms with E-state index in [1.165, 1.54) is 0 Å². The molecule has 0 radical (unpaired) electrons. The van der Waals surface area contributed by atoms with Crippen molar-refractivity contribution in [1.29, 1.82) is 0 Å². The van der Waals surface area contributed by atoms with E-state index in [-0.39, 0.29) is 5.91 Å². The molecule has 0 bridgehead atoms. The van der Waals surface area contributed by atoms with Gasteiger partial charge in [0.05, 0.1) is 40.2 Å². The first-order valence-electron chi connectivity index (χ1n) is 11.1. The van der Waals surface area contributed by atoms with Crippen molar-refractivity contribution in [3.63, 3.8) is 0 Å². The molecule has 35 heavy (non-hydrogen) atoms. The van der Waals surface area contributed by atoms with Gasteiger partial charge in [0.15, 0.2) is 23.0 Å². The Morgan fingerprint density at radius 1 is 0.771 bits per heavy atom. The Morgan fingerprint density at radius 2 is 1.40 bits per heavy atom. The normalized spacial score (nSPS) is 11.6. The van der Waals surface area contributed by atoms with Crippen LogP contribution < -0.4 is 24.3 Å². The summed E-state index contributed by atoms with van der Waals surface area (Å²) >= 11 is 0. The standard InChI is InChI=1S/C28H28N2O5/c1-17-6-8-18(9-7-17)28(31)30-26(20-10-11-22(32-2)23(15-20)33-3)27-21-16-25(35-5)24(34-4)14-19(21)12-13-29-27/h6-16,26H,1-5H3,(H,30,31). The molecule has 1 heterocycles. The molecule has 4 rings (SSSR count). The fourth-order valence-corrected chi connectivity index (χ4v) is 4.01. The Labute approximate surface area is 204 Å². The van der Waals surface area contributed by atoms with Gasteiger partial charge in [0, 0.05) is 17.1 Å². The lowest BCUT2D eigenvalue weighted by atomic mass is 9.97. The van der Waals surface area contributed by atoms with Gasteiger partial charge in [-0.25, -0.2) is 0 Å². The van der Waals surface area contributed by atoms with Crippen LogP contribution in [0.5, 0.6) is 23.0 Å². The number of hydrogen-bond acceptors (Lipinski definition) is 6. The number of methoxy groups -OCH3 is 4. The summed E-state index contributed by atoms with van der Waals surface area (Å²) in [6.07, 6.45) is 1.72. The van der Waals surface area contributed by atoms with Gasteiger partial charge in [-0.15, -0.1) is 0 Å². The van der Waals surface area contributed by atoms with Gasteiger partial charge in [0.1, 0.15) is 0 Å². The number of ether oxygens (including phenoxy) is 4. The molecule has 0 fully saturated rings. The van der Waals surface area contributed by atoms with Crippen LogP contribution in [0.1, 0.15) is 33.2 Å². The van der Waals surface area contributed by atoms with Crippen molar-refractivity contribution >= 4 is 16.7 Å². The van der Waals surface area contributed by atoms with Gasteiger partial charge in [-0.2, -0.15) is 0 Å². The molecular formula is C28H28N2O5. The Hall–Kier alpha value is -4.26. The lowest BCUT2D eigenvalue weighted by Gasteiger charge is -2.22. The summed E-state index contributed by atoms with van der Waals surface area (Å²) in [6.45, 7) is 1.98. The molecule has 0 spiro atoms. The molecule has 7 nitrogen and oxygen atoms in total. The van der Waals surface area contributed by atoms with Crippen LogP contribution in [0.2, 0.25) is 0 Å². The van der Waals surface area contributed by atoms with Crippen molar-refractivity contribution in [2.24, 2.45) is 0 Å². The van der Waals surface area contributed by atoms with Crippen LogP contribution in [0.3, 0.4) is 0 Å². The smallest absolute Gasteiger partial charge is 0.252 e. The molecule has 0 saturated carbocycles. The first-order valence-corrected chi connectivity index (χ1v) is 11.1. The maximum atomic E-state index is 13.3. The third-order valence-electron chi connectivity index (χ3n) is 5.90.